The molecule has 0 bridgehead atoms. The number of benzene rings is 1. The quantitative estimate of drug-likeness (QED) is 0.376. The first-order chi connectivity index (χ1) is 18.9. The summed E-state index contributed by atoms with van der Waals surface area (Å²) in [5.74, 6) is -0.521. The van der Waals surface area contributed by atoms with Crippen molar-refractivity contribution in [3.8, 4) is 0 Å². The number of carbonyl (C=O) groups is 4. The van der Waals surface area contributed by atoms with Crippen molar-refractivity contribution < 1.29 is 28.7 Å². The Morgan fingerprint density at radius 3 is 2.21 bits per heavy atom. The van der Waals surface area contributed by atoms with Crippen LogP contribution < -0.4 is 10.2 Å². The minimum Gasteiger partial charge on any atom is -0.371 e. The molecule has 0 spiro atoms. The number of ether oxygens (including phenoxy) is 2. The molecule has 1 aromatic carbocycles. The number of imide groups is 2. The number of carbonyl (C=O) groups excluding carboxylic acids is 4. The van der Waals surface area contributed by atoms with E-state index in [0.29, 0.717) is 23.0 Å². The van der Waals surface area contributed by atoms with E-state index >= 15 is 0 Å². The number of rotatable bonds is 9. The first kappa shape index (κ1) is 27.7. The Kier molecular flexibility index (Phi) is 8.64. The van der Waals surface area contributed by atoms with Crippen LogP contribution in [0.1, 0.15) is 72.1 Å². The molecule has 4 aliphatic heterocycles. The Hall–Kier alpha value is -2.82. The van der Waals surface area contributed by atoms with Crippen molar-refractivity contribution in [3.05, 3.63) is 29.3 Å². The lowest BCUT2D eigenvalue weighted by Crippen LogP contribution is -2.54. The summed E-state index contributed by atoms with van der Waals surface area (Å²) >= 11 is 0. The van der Waals surface area contributed by atoms with Crippen LogP contribution in [0.4, 0.5) is 5.69 Å². The fourth-order valence-electron chi connectivity index (χ4n) is 6.51. The Morgan fingerprint density at radius 1 is 0.872 bits per heavy atom. The number of amides is 4. The Bertz CT molecular complexity index is 1090. The van der Waals surface area contributed by atoms with E-state index in [-0.39, 0.29) is 25.0 Å². The van der Waals surface area contributed by atoms with Gasteiger partial charge in [-0.1, -0.05) is 0 Å². The van der Waals surface area contributed by atoms with Crippen molar-refractivity contribution in [2.45, 2.75) is 63.7 Å². The van der Waals surface area contributed by atoms with Gasteiger partial charge >= 0.3 is 0 Å². The minimum atomic E-state index is -0.937. The van der Waals surface area contributed by atoms with Crippen molar-refractivity contribution in [2.24, 2.45) is 11.8 Å². The van der Waals surface area contributed by atoms with E-state index in [2.05, 4.69) is 15.1 Å². The SMILES string of the molecule is COC(CC1CCN(CCC2CCN(c3ccc4c(c3)C(=O)N(C3CCC(=O)NC3=O)C4=O)CC2)CC1)OC. The second-order valence-electron chi connectivity index (χ2n) is 11.3. The van der Waals surface area contributed by atoms with E-state index in [1.165, 1.54) is 19.3 Å². The van der Waals surface area contributed by atoms with Crippen LogP contribution in [-0.4, -0.2) is 92.7 Å². The molecule has 1 aromatic rings. The number of anilines is 1. The molecule has 39 heavy (non-hydrogen) atoms. The molecule has 5 rings (SSSR count). The van der Waals surface area contributed by atoms with Crippen LogP contribution >= 0.6 is 0 Å². The third-order valence-corrected chi connectivity index (χ3v) is 9.02. The van der Waals surface area contributed by atoms with Gasteiger partial charge in [-0.15, -0.1) is 0 Å². The van der Waals surface area contributed by atoms with Gasteiger partial charge in [0.25, 0.3) is 11.8 Å². The van der Waals surface area contributed by atoms with Crippen molar-refractivity contribution in [1.29, 1.82) is 0 Å². The first-order valence-electron chi connectivity index (χ1n) is 14.3. The molecule has 1 atom stereocenters. The number of fused-ring (bicyclic) bond motifs is 1. The number of hydrogen-bond donors (Lipinski definition) is 1. The van der Waals surface area contributed by atoms with Gasteiger partial charge in [-0.05, 0) is 88.2 Å². The second kappa shape index (κ2) is 12.1. The number of piperidine rings is 3. The monoisotopic (exact) mass is 540 g/mol. The number of methoxy groups -OCH3 is 2. The Morgan fingerprint density at radius 2 is 1.54 bits per heavy atom. The largest absolute Gasteiger partial charge is 0.371 e. The van der Waals surface area contributed by atoms with Crippen LogP contribution in [0, 0.1) is 11.8 Å². The van der Waals surface area contributed by atoms with Crippen LogP contribution in [0.15, 0.2) is 18.2 Å². The summed E-state index contributed by atoms with van der Waals surface area (Å²) in [6.45, 7) is 5.25. The van der Waals surface area contributed by atoms with Crippen molar-refractivity contribution in [2.75, 3.05) is 51.8 Å². The maximum Gasteiger partial charge on any atom is 0.262 e. The van der Waals surface area contributed by atoms with Gasteiger partial charge in [-0.2, -0.15) is 0 Å². The fourth-order valence-corrected chi connectivity index (χ4v) is 6.51. The lowest BCUT2D eigenvalue weighted by Gasteiger charge is -2.36. The van der Waals surface area contributed by atoms with E-state index < -0.39 is 23.8 Å². The van der Waals surface area contributed by atoms with Gasteiger partial charge in [0.15, 0.2) is 6.29 Å². The lowest BCUT2D eigenvalue weighted by atomic mass is 9.90. The van der Waals surface area contributed by atoms with Crippen LogP contribution in [0.3, 0.4) is 0 Å². The molecule has 3 saturated heterocycles. The average molecular weight is 541 g/mol. The Labute approximate surface area is 230 Å². The molecule has 3 fully saturated rings. The van der Waals surface area contributed by atoms with Crippen molar-refractivity contribution >= 4 is 29.3 Å². The third kappa shape index (κ3) is 6.02. The number of nitrogens with zero attached hydrogens (tertiary/aromatic N) is 3. The highest BCUT2D eigenvalue weighted by Crippen LogP contribution is 2.33. The average Bonchev–Trinajstić information content (AvgIpc) is 3.20. The highest BCUT2D eigenvalue weighted by Gasteiger charge is 2.44. The molecular formula is C29H40N4O6. The molecular weight excluding hydrogens is 500 g/mol. The van der Waals surface area contributed by atoms with Crippen LogP contribution in [0.25, 0.3) is 0 Å². The smallest absolute Gasteiger partial charge is 0.262 e. The van der Waals surface area contributed by atoms with E-state index in [4.69, 9.17) is 9.47 Å². The summed E-state index contributed by atoms with van der Waals surface area (Å²) in [5.41, 5.74) is 1.60. The summed E-state index contributed by atoms with van der Waals surface area (Å²) < 4.78 is 10.7. The highest BCUT2D eigenvalue weighted by molar-refractivity contribution is 6.23. The summed E-state index contributed by atoms with van der Waals surface area (Å²) in [7, 11) is 3.41. The summed E-state index contributed by atoms with van der Waals surface area (Å²) in [5, 5.41) is 2.24. The number of likely N-dealkylation sites (tertiary alicyclic amines) is 1. The molecule has 0 radical (unpaired) electrons. The molecule has 10 nitrogen and oxygen atoms in total. The van der Waals surface area contributed by atoms with Gasteiger partial charge in [-0.3, -0.25) is 29.4 Å². The standard InChI is InChI=1S/C29H40N4O6/c1-38-26(39-2)17-20-8-13-31(14-9-20)12-7-19-10-15-32(16-11-19)21-3-4-22-23(18-21)29(37)33(28(22)36)24-5-6-25(34)30-27(24)35/h3-4,18-20,24,26H,5-17H2,1-2H3,(H,30,34,35). The zero-order valence-electron chi connectivity index (χ0n) is 23.0. The minimum absolute atomic E-state index is 0.0970. The van der Waals surface area contributed by atoms with Gasteiger partial charge in [0.1, 0.15) is 6.04 Å². The molecule has 212 valence electrons. The molecule has 4 aliphatic rings. The summed E-state index contributed by atoms with van der Waals surface area (Å²) in [6.07, 6.45) is 6.96. The van der Waals surface area contributed by atoms with E-state index in [0.717, 1.165) is 62.6 Å². The van der Waals surface area contributed by atoms with Gasteiger partial charge in [0, 0.05) is 45.8 Å². The normalized spacial score (nSPS) is 23.6. The number of nitrogens with one attached hydrogen (secondary N) is 1. The molecule has 0 aromatic heterocycles. The highest BCUT2D eigenvalue weighted by atomic mass is 16.7. The number of hydrogen-bond acceptors (Lipinski definition) is 8. The molecule has 4 amide bonds. The van der Waals surface area contributed by atoms with Crippen molar-refractivity contribution in [3.63, 3.8) is 0 Å². The molecule has 10 heteroatoms. The second-order valence-corrected chi connectivity index (χ2v) is 11.3. The maximum atomic E-state index is 13.2. The van der Waals surface area contributed by atoms with Crippen molar-refractivity contribution in [1.82, 2.24) is 15.1 Å². The summed E-state index contributed by atoms with van der Waals surface area (Å²) in [4.78, 5) is 55.9. The van der Waals surface area contributed by atoms with E-state index in [9.17, 15) is 19.2 Å². The molecule has 0 aliphatic carbocycles. The molecule has 4 heterocycles. The molecule has 1 unspecified atom stereocenters. The zero-order chi connectivity index (χ0) is 27.5. The summed E-state index contributed by atoms with van der Waals surface area (Å²) in [6, 6.07) is 4.46. The topological polar surface area (TPSA) is 108 Å². The van der Waals surface area contributed by atoms with Gasteiger partial charge < -0.3 is 19.3 Å². The van der Waals surface area contributed by atoms with Crippen LogP contribution in [0.5, 0.6) is 0 Å². The molecule has 1 N–H and O–H groups in total. The van der Waals surface area contributed by atoms with Crippen LogP contribution in [0.2, 0.25) is 0 Å². The Balaban J connectivity index is 1.10. The van der Waals surface area contributed by atoms with E-state index in [1.807, 2.05) is 6.07 Å². The molecule has 0 saturated carbocycles. The lowest BCUT2D eigenvalue weighted by molar-refractivity contribution is -0.136. The first-order valence-corrected chi connectivity index (χ1v) is 14.3. The predicted molar refractivity (Wildman–Crippen MR) is 144 cm³/mol. The van der Waals surface area contributed by atoms with Gasteiger partial charge in [0.05, 0.1) is 11.1 Å². The van der Waals surface area contributed by atoms with E-state index in [1.54, 1.807) is 26.4 Å². The fraction of sp³-hybridized carbons (Fsp3) is 0.655. The zero-order valence-corrected chi connectivity index (χ0v) is 23.0. The third-order valence-electron chi connectivity index (χ3n) is 9.02. The van der Waals surface area contributed by atoms with Gasteiger partial charge in [0.2, 0.25) is 11.8 Å². The van der Waals surface area contributed by atoms with Gasteiger partial charge in [-0.25, -0.2) is 0 Å². The maximum absolute atomic E-state index is 13.2. The van der Waals surface area contributed by atoms with Crippen LogP contribution in [-0.2, 0) is 19.1 Å². The predicted octanol–water partition coefficient (Wildman–Crippen LogP) is 2.42.